The van der Waals surface area contributed by atoms with E-state index in [9.17, 15) is 0 Å². The van der Waals surface area contributed by atoms with E-state index in [1.54, 1.807) is 11.1 Å². The molecule has 0 aromatic carbocycles. The molecule has 0 radical (unpaired) electrons. The summed E-state index contributed by atoms with van der Waals surface area (Å²) in [5.74, 6) is 2.74. The van der Waals surface area contributed by atoms with Crippen LogP contribution in [0.4, 0.5) is 0 Å². The highest BCUT2D eigenvalue weighted by Gasteiger charge is 2.46. The first-order chi connectivity index (χ1) is 9.59. The van der Waals surface area contributed by atoms with Gasteiger partial charge < -0.3 is 0 Å². The van der Waals surface area contributed by atoms with E-state index in [-0.39, 0.29) is 0 Å². The minimum atomic E-state index is 0.614. The third-order valence-electron chi connectivity index (χ3n) is 6.78. The van der Waals surface area contributed by atoms with Crippen LogP contribution in [0.2, 0.25) is 0 Å². The Bertz CT molecular complexity index is 414. The summed E-state index contributed by atoms with van der Waals surface area (Å²) in [6.07, 6.45) is 17.8. The van der Waals surface area contributed by atoms with Gasteiger partial charge in [-0.2, -0.15) is 0 Å². The zero-order valence-electron chi connectivity index (χ0n) is 13.8. The summed E-state index contributed by atoms with van der Waals surface area (Å²) < 4.78 is 0. The molecule has 0 bridgehead atoms. The van der Waals surface area contributed by atoms with Crippen molar-refractivity contribution in [2.45, 2.75) is 78.6 Å². The predicted molar refractivity (Wildman–Crippen MR) is 87.6 cm³/mol. The summed E-state index contributed by atoms with van der Waals surface area (Å²) in [6.45, 7) is 7.47. The first-order valence-electron chi connectivity index (χ1n) is 8.98. The third kappa shape index (κ3) is 2.63. The van der Waals surface area contributed by atoms with E-state index in [2.05, 4.69) is 32.9 Å². The van der Waals surface area contributed by atoms with Crippen molar-refractivity contribution >= 4 is 0 Å². The van der Waals surface area contributed by atoms with Crippen LogP contribution in [0, 0.1) is 23.2 Å². The molecule has 4 unspecified atom stereocenters. The van der Waals surface area contributed by atoms with Crippen LogP contribution in [0.5, 0.6) is 0 Å². The van der Waals surface area contributed by atoms with Gasteiger partial charge in [-0.1, -0.05) is 50.5 Å². The average Bonchev–Trinajstić information content (AvgIpc) is 2.73. The van der Waals surface area contributed by atoms with Gasteiger partial charge in [-0.05, 0) is 74.5 Å². The molecule has 0 spiro atoms. The number of hydrogen-bond acceptors (Lipinski definition) is 0. The first-order valence-corrected chi connectivity index (χ1v) is 8.98. The first kappa shape index (κ1) is 14.4. The quantitative estimate of drug-likeness (QED) is 0.526. The number of rotatable bonds is 1. The van der Waals surface area contributed by atoms with Gasteiger partial charge in [0.05, 0.1) is 0 Å². The van der Waals surface area contributed by atoms with Crippen LogP contribution in [0.3, 0.4) is 0 Å². The SMILES string of the molecule is CC1CCC/C(=C/C=C2\CCCC3(C)C(C)CCC23)C1. The second-order valence-corrected chi connectivity index (χ2v) is 8.16. The molecule has 3 rings (SSSR count). The fourth-order valence-corrected chi connectivity index (χ4v) is 5.20. The lowest BCUT2D eigenvalue weighted by atomic mass is 9.64. The summed E-state index contributed by atoms with van der Waals surface area (Å²) in [6, 6.07) is 0. The molecule has 112 valence electrons. The Hall–Kier alpha value is -0.520. The van der Waals surface area contributed by atoms with Crippen molar-refractivity contribution < 1.29 is 0 Å². The van der Waals surface area contributed by atoms with E-state index in [0.717, 1.165) is 17.8 Å². The van der Waals surface area contributed by atoms with Crippen molar-refractivity contribution in [2.24, 2.45) is 23.2 Å². The average molecular weight is 272 g/mol. The molecule has 0 heterocycles. The van der Waals surface area contributed by atoms with Gasteiger partial charge in [-0.15, -0.1) is 0 Å². The minimum absolute atomic E-state index is 0.614. The highest BCUT2D eigenvalue weighted by atomic mass is 14.5. The van der Waals surface area contributed by atoms with Gasteiger partial charge in [0.1, 0.15) is 0 Å². The second kappa shape index (κ2) is 5.70. The van der Waals surface area contributed by atoms with Gasteiger partial charge in [-0.25, -0.2) is 0 Å². The number of allylic oxidation sites excluding steroid dienone is 4. The summed E-state index contributed by atoms with van der Waals surface area (Å²) in [7, 11) is 0. The van der Waals surface area contributed by atoms with Crippen molar-refractivity contribution in [3.63, 3.8) is 0 Å². The van der Waals surface area contributed by atoms with Gasteiger partial charge in [0.15, 0.2) is 0 Å². The van der Waals surface area contributed by atoms with E-state index in [1.807, 2.05) is 0 Å². The van der Waals surface area contributed by atoms with Gasteiger partial charge in [0, 0.05) is 0 Å². The third-order valence-corrected chi connectivity index (χ3v) is 6.78. The Morgan fingerprint density at radius 2 is 1.85 bits per heavy atom. The van der Waals surface area contributed by atoms with Gasteiger partial charge in [0.2, 0.25) is 0 Å². The normalized spacial score (nSPS) is 45.9. The Morgan fingerprint density at radius 1 is 1.00 bits per heavy atom. The highest BCUT2D eigenvalue weighted by molar-refractivity contribution is 5.25. The lowest BCUT2D eigenvalue weighted by Gasteiger charge is -2.41. The van der Waals surface area contributed by atoms with Crippen LogP contribution in [0.15, 0.2) is 23.3 Å². The van der Waals surface area contributed by atoms with Crippen molar-refractivity contribution in [2.75, 3.05) is 0 Å². The summed E-state index contributed by atoms with van der Waals surface area (Å²) in [5, 5.41) is 0. The standard InChI is InChI=1S/C20H32/c1-15-6-4-7-17(14-15)10-11-18-8-5-13-20(3)16(2)9-12-19(18)20/h10-11,15-16,19H,4-9,12-14H2,1-3H3/b17-10-,18-11+. The molecule has 0 nitrogen and oxygen atoms in total. The topological polar surface area (TPSA) is 0 Å². The smallest absolute Gasteiger partial charge is 0.0143 e. The van der Waals surface area contributed by atoms with Gasteiger partial charge in [0.25, 0.3) is 0 Å². The molecule has 0 saturated heterocycles. The van der Waals surface area contributed by atoms with Crippen LogP contribution in [0.25, 0.3) is 0 Å². The second-order valence-electron chi connectivity index (χ2n) is 8.16. The maximum Gasteiger partial charge on any atom is -0.0143 e. The van der Waals surface area contributed by atoms with E-state index in [4.69, 9.17) is 0 Å². The van der Waals surface area contributed by atoms with Crippen LogP contribution >= 0.6 is 0 Å². The van der Waals surface area contributed by atoms with E-state index >= 15 is 0 Å². The van der Waals surface area contributed by atoms with E-state index in [1.165, 1.54) is 57.8 Å². The molecule has 0 amide bonds. The maximum atomic E-state index is 2.57. The van der Waals surface area contributed by atoms with Crippen LogP contribution in [-0.4, -0.2) is 0 Å². The molecule has 3 aliphatic carbocycles. The minimum Gasteiger partial charge on any atom is -0.0700 e. The summed E-state index contributed by atoms with van der Waals surface area (Å²) in [5.41, 5.74) is 4.12. The Kier molecular flexibility index (Phi) is 4.11. The molecule has 0 heteroatoms. The van der Waals surface area contributed by atoms with Crippen LogP contribution < -0.4 is 0 Å². The molecule has 20 heavy (non-hydrogen) atoms. The molecule has 0 aromatic heterocycles. The summed E-state index contributed by atoms with van der Waals surface area (Å²) in [4.78, 5) is 0. The molecule has 4 atom stereocenters. The molecule has 0 aliphatic heterocycles. The lowest BCUT2D eigenvalue weighted by molar-refractivity contribution is 0.147. The highest BCUT2D eigenvalue weighted by Crippen LogP contribution is 2.57. The number of fused-ring (bicyclic) bond motifs is 1. The zero-order valence-corrected chi connectivity index (χ0v) is 13.8. The molecule has 3 fully saturated rings. The molecule has 3 saturated carbocycles. The monoisotopic (exact) mass is 272 g/mol. The lowest BCUT2D eigenvalue weighted by Crippen LogP contribution is -2.31. The molecular weight excluding hydrogens is 240 g/mol. The Morgan fingerprint density at radius 3 is 2.65 bits per heavy atom. The predicted octanol–water partition coefficient (Wildman–Crippen LogP) is 6.29. The van der Waals surface area contributed by atoms with Crippen LogP contribution in [-0.2, 0) is 0 Å². The molecule has 3 aliphatic rings. The Balaban J connectivity index is 1.76. The van der Waals surface area contributed by atoms with Gasteiger partial charge >= 0.3 is 0 Å². The Labute approximate surface area is 125 Å². The largest absolute Gasteiger partial charge is 0.0700 e. The van der Waals surface area contributed by atoms with E-state index < -0.39 is 0 Å². The molecule has 0 aromatic rings. The fraction of sp³-hybridized carbons (Fsp3) is 0.800. The van der Waals surface area contributed by atoms with Crippen molar-refractivity contribution in [1.82, 2.24) is 0 Å². The molecular formula is C20H32. The van der Waals surface area contributed by atoms with Crippen molar-refractivity contribution in [3.05, 3.63) is 23.3 Å². The fourth-order valence-electron chi connectivity index (χ4n) is 5.20. The van der Waals surface area contributed by atoms with E-state index in [0.29, 0.717) is 5.41 Å². The number of hydrogen-bond donors (Lipinski definition) is 0. The summed E-state index contributed by atoms with van der Waals surface area (Å²) >= 11 is 0. The van der Waals surface area contributed by atoms with Gasteiger partial charge in [-0.3, -0.25) is 0 Å². The van der Waals surface area contributed by atoms with Crippen molar-refractivity contribution in [1.29, 1.82) is 0 Å². The zero-order chi connectivity index (χ0) is 14.2. The molecule has 0 N–H and O–H groups in total. The van der Waals surface area contributed by atoms with Crippen molar-refractivity contribution in [3.8, 4) is 0 Å². The van der Waals surface area contributed by atoms with Crippen LogP contribution in [0.1, 0.15) is 78.6 Å². The maximum absolute atomic E-state index is 2.57.